The molecule has 0 amide bonds. The summed E-state index contributed by atoms with van der Waals surface area (Å²) in [5.74, 6) is 0.690. The van der Waals surface area contributed by atoms with Gasteiger partial charge in [-0.25, -0.2) is 0 Å². The van der Waals surface area contributed by atoms with Crippen LogP contribution in [0, 0.1) is 0 Å². The molecule has 0 aliphatic heterocycles. The average molecular weight is 294 g/mol. The van der Waals surface area contributed by atoms with Crippen molar-refractivity contribution in [1.82, 2.24) is 0 Å². The first-order valence-electron chi connectivity index (χ1n) is 4.88. The van der Waals surface area contributed by atoms with Crippen molar-refractivity contribution in [2.24, 2.45) is 0 Å². The number of hydrogen-bond donors (Lipinski definition) is 1. The molecule has 2 atom stereocenters. The van der Waals surface area contributed by atoms with Crippen LogP contribution in [0.5, 0.6) is 0 Å². The maximum Gasteiger partial charge on any atom is 0.202 e. The van der Waals surface area contributed by atoms with Crippen LogP contribution in [0.4, 0.5) is 0 Å². The maximum absolute atomic E-state index is 11.6. The lowest BCUT2D eigenvalue weighted by atomic mass is 10.4. The fraction of sp³-hybridized carbons (Fsp3) is 0.400. The van der Waals surface area contributed by atoms with Crippen molar-refractivity contribution in [2.75, 3.05) is 12.0 Å². The highest BCUT2D eigenvalue weighted by Gasteiger charge is 2.28. The minimum Gasteiger partial charge on any atom is -0.760 e. The number of thioether (sulfide) groups is 1. The minimum atomic E-state index is -3.43. The van der Waals surface area contributed by atoms with Gasteiger partial charge >= 0.3 is 0 Å². The Morgan fingerprint density at radius 1 is 1.44 bits per heavy atom. The summed E-state index contributed by atoms with van der Waals surface area (Å²) in [5.41, 5.74) is -3.43. The van der Waals surface area contributed by atoms with E-state index >= 15 is 0 Å². The van der Waals surface area contributed by atoms with Crippen LogP contribution in [0.25, 0.3) is 0 Å². The number of benzene rings is 1. The van der Waals surface area contributed by atoms with Crippen LogP contribution in [0.15, 0.2) is 34.1 Å². The first kappa shape index (κ1) is 14.6. The largest absolute Gasteiger partial charge is 0.760 e. The third kappa shape index (κ3) is 4.06. The monoisotopic (exact) mass is 294 g/mol. The Balaban J connectivity index is 2.97. The Morgan fingerprint density at radius 3 is 2.38 bits per heavy atom. The van der Waals surface area contributed by atoms with Crippen LogP contribution in [0.2, 0.25) is 0 Å². The highest BCUT2D eigenvalue weighted by molar-refractivity contribution is 8.64. The lowest BCUT2D eigenvalue weighted by Crippen LogP contribution is -2.15. The van der Waals surface area contributed by atoms with Crippen molar-refractivity contribution in [1.29, 1.82) is 0 Å². The molecule has 2 nitrogen and oxygen atoms in total. The van der Waals surface area contributed by atoms with Gasteiger partial charge in [-0.3, -0.25) is 0 Å². The van der Waals surface area contributed by atoms with Crippen LogP contribution in [0.1, 0.15) is 13.3 Å². The van der Waals surface area contributed by atoms with Crippen LogP contribution in [0.3, 0.4) is 0 Å². The zero-order valence-corrected chi connectivity index (χ0v) is 12.6. The molecule has 1 aromatic carbocycles. The molecule has 0 bridgehead atoms. The van der Waals surface area contributed by atoms with Gasteiger partial charge in [0.25, 0.3) is 0 Å². The molecule has 0 aromatic heterocycles. The Labute approximate surface area is 109 Å². The van der Waals surface area contributed by atoms with Gasteiger partial charge < -0.3 is 9.79 Å². The van der Waals surface area contributed by atoms with E-state index in [0.29, 0.717) is 5.75 Å². The summed E-state index contributed by atoms with van der Waals surface area (Å²) in [6.45, 7) is 2.00. The van der Waals surface area contributed by atoms with Crippen LogP contribution >= 0.6 is 17.5 Å². The number of rotatable bonds is 5. The molecule has 2 unspecified atom stereocenters. The van der Waals surface area contributed by atoms with E-state index in [9.17, 15) is 9.79 Å². The van der Waals surface area contributed by atoms with Gasteiger partial charge in [0.1, 0.15) is 5.75 Å². The van der Waals surface area contributed by atoms with Gasteiger partial charge in [-0.05, 0) is 48.7 Å². The topological polar surface area (TPSA) is 43.3 Å². The lowest BCUT2D eigenvalue weighted by Gasteiger charge is -2.20. The van der Waals surface area contributed by atoms with Crippen molar-refractivity contribution in [3.05, 3.63) is 24.3 Å². The van der Waals surface area contributed by atoms with Crippen LogP contribution in [-0.2, 0) is 22.3 Å². The predicted molar refractivity (Wildman–Crippen MR) is 75.5 cm³/mol. The van der Waals surface area contributed by atoms with Gasteiger partial charge in [0, 0.05) is 4.90 Å². The van der Waals surface area contributed by atoms with Gasteiger partial charge in [0.15, 0.2) is 4.90 Å². The van der Waals surface area contributed by atoms with Gasteiger partial charge in [-0.1, -0.05) is 6.92 Å². The van der Waals surface area contributed by atoms with Crippen molar-refractivity contribution < 1.29 is 9.79 Å². The Kier molecular flexibility index (Phi) is 5.85. The second-order valence-corrected chi connectivity index (χ2v) is 11.6. The summed E-state index contributed by atoms with van der Waals surface area (Å²) < 4.78 is 0. The fourth-order valence-electron chi connectivity index (χ4n) is 1.29. The Morgan fingerprint density at radius 2 is 2.00 bits per heavy atom. The van der Waals surface area contributed by atoms with Gasteiger partial charge in [-0.15, -0.1) is 11.8 Å². The molecular formula is C10H15O2PS3. The normalized spacial score (nSPS) is 16.8. The van der Waals surface area contributed by atoms with E-state index in [1.54, 1.807) is 11.8 Å². The quantitative estimate of drug-likeness (QED) is 0.514. The molecule has 0 saturated carbocycles. The third-order valence-corrected chi connectivity index (χ3v) is 9.39. The van der Waals surface area contributed by atoms with Crippen LogP contribution < -0.4 is 4.89 Å². The molecule has 0 saturated heterocycles. The Bertz CT molecular complexity index is 374. The van der Waals surface area contributed by atoms with E-state index in [0.717, 1.165) is 16.2 Å². The molecule has 90 valence electrons. The van der Waals surface area contributed by atoms with E-state index in [2.05, 4.69) is 0 Å². The molecule has 0 heterocycles. The zero-order valence-electron chi connectivity index (χ0n) is 9.25. The molecular weight excluding hydrogens is 279 g/mol. The zero-order chi connectivity index (χ0) is 12.2. The standard InChI is InChI=1S/C10H15O2PS3/c1-3-8-16(13(11,12)14)10-6-4-9(15-2)5-7-10/h4-7H,3,8H2,1-2H3,(H-,11,12,14). The first-order chi connectivity index (χ1) is 7.49. The highest BCUT2D eigenvalue weighted by atomic mass is 32.9. The van der Waals surface area contributed by atoms with Crippen molar-refractivity contribution >= 4 is 39.8 Å². The maximum atomic E-state index is 11.6. The van der Waals surface area contributed by atoms with E-state index in [1.807, 2.05) is 37.4 Å². The summed E-state index contributed by atoms with van der Waals surface area (Å²) in [6, 6.07) is 7.78. The molecule has 1 rings (SSSR count). The van der Waals surface area contributed by atoms with Crippen molar-refractivity contribution in [3.8, 4) is 0 Å². The smallest absolute Gasteiger partial charge is 0.202 e. The van der Waals surface area contributed by atoms with E-state index in [-0.39, 0.29) is 0 Å². The molecule has 1 N–H and O–H groups in total. The first-order valence-corrected chi connectivity index (χ1v) is 10.8. The molecule has 0 aliphatic carbocycles. The molecule has 1 aromatic rings. The van der Waals surface area contributed by atoms with E-state index in [4.69, 9.17) is 11.8 Å². The van der Waals surface area contributed by atoms with Crippen molar-refractivity contribution in [2.45, 2.75) is 23.1 Å². The fourth-order valence-corrected chi connectivity index (χ4v) is 7.12. The average Bonchev–Trinajstić information content (AvgIpc) is 2.25. The highest BCUT2D eigenvalue weighted by Crippen LogP contribution is 2.46. The molecule has 0 radical (unpaired) electrons. The molecule has 6 heteroatoms. The van der Waals surface area contributed by atoms with Gasteiger partial charge in [-0.2, -0.15) is 0 Å². The van der Waals surface area contributed by atoms with Gasteiger partial charge in [0.2, 0.25) is 5.69 Å². The summed E-state index contributed by atoms with van der Waals surface area (Å²) in [5, 5.41) is 0. The minimum absolute atomic E-state index is 0.690. The van der Waals surface area contributed by atoms with Crippen molar-refractivity contribution in [3.63, 3.8) is 0 Å². The molecule has 0 aliphatic rings. The predicted octanol–water partition coefficient (Wildman–Crippen LogP) is 2.37. The second kappa shape index (κ2) is 6.43. The summed E-state index contributed by atoms with van der Waals surface area (Å²) in [4.78, 5) is 23.3. The molecule has 16 heavy (non-hydrogen) atoms. The summed E-state index contributed by atoms with van der Waals surface area (Å²) in [6.07, 6.45) is 2.87. The van der Waals surface area contributed by atoms with E-state index < -0.39 is 16.2 Å². The number of hydrogen-bond acceptors (Lipinski definition) is 3. The Hall–Kier alpha value is 0.490. The van der Waals surface area contributed by atoms with Crippen LogP contribution in [-0.4, -0.2) is 16.9 Å². The molecule has 0 spiro atoms. The SMILES string of the molecule is CCC[S+](c1ccc(SC)cc1)P([O-])(O)=S. The van der Waals surface area contributed by atoms with Gasteiger partial charge in [0.05, 0.1) is 10.5 Å². The third-order valence-electron chi connectivity index (χ3n) is 2.01. The lowest BCUT2D eigenvalue weighted by molar-refractivity contribution is -0.170. The summed E-state index contributed by atoms with van der Waals surface area (Å²) in [7, 11) is -0.699. The second-order valence-electron chi connectivity index (χ2n) is 3.21. The molecule has 0 fully saturated rings. The summed E-state index contributed by atoms with van der Waals surface area (Å²) >= 11 is 6.39. The van der Waals surface area contributed by atoms with E-state index in [1.165, 1.54) is 0 Å².